The van der Waals surface area contributed by atoms with Gasteiger partial charge in [-0.3, -0.25) is 9.69 Å². The Morgan fingerprint density at radius 1 is 1.03 bits per heavy atom. The lowest BCUT2D eigenvalue weighted by Crippen LogP contribution is -2.30. The number of anilines is 1. The number of halogens is 1. The lowest BCUT2D eigenvalue weighted by Gasteiger charge is -2.28. The highest BCUT2D eigenvalue weighted by molar-refractivity contribution is 7.16. The molecule has 192 valence electrons. The third-order valence-corrected chi connectivity index (χ3v) is 7.59. The largest absolute Gasteiger partial charge is 0.480 e. The number of fused-ring (bicyclic) bond motifs is 2. The quantitative estimate of drug-likeness (QED) is 0.259. The van der Waals surface area contributed by atoms with Crippen LogP contribution in [0.3, 0.4) is 0 Å². The summed E-state index contributed by atoms with van der Waals surface area (Å²) >= 11 is 7.80. The average molecular weight is 547 g/mol. The highest BCUT2D eigenvalue weighted by atomic mass is 35.5. The molecule has 0 saturated heterocycles. The van der Waals surface area contributed by atoms with Gasteiger partial charge in [-0.1, -0.05) is 23.7 Å². The molecule has 0 fully saturated rings. The van der Waals surface area contributed by atoms with E-state index < -0.39 is 6.04 Å². The summed E-state index contributed by atoms with van der Waals surface area (Å²) in [6.07, 6.45) is 1.61. The minimum atomic E-state index is -0.445. The van der Waals surface area contributed by atoms with Crippen LogP contribution in [-0.2, 0) is 0 Å². The molecule has 3 aromatic heterocycles. The van der Waals surface area contributed by atoms with E-state index in [-0.39, 0.29) is 18.0 Å². The van der Waals surface area contributed by atoms with Gasteiger partial charge in [0.1, 0.15) is 11.9 Å². The van der Waals surface area contributed by atoms with Crippen molar-refractivity contribution in [2.45, 2.75) is 25.9 Å². The topological polar surface area (TPSA) is 95.3 Å². The minimum absolute atomic E-state index is 0.0448. The summed E-state index contributed by atoms with van der Waals surface area (Å²) in [5.41, 5.74) is 6.00. The first-order valence-electron chi connectivity index (χ1n) is 11.9. The Balaban J connectivity index is 1.59. The molecule has 0 spiro atoms. The summed E-state index contributed by atoms with van der Waals surface area (Å²) in [4.78, 5) is 33.9. The van der Waals surface area contributed by atoms with E-state index in [1.54, 1.807) is 27.9 Å². The first-order valence-corrected chi connectivity index (χ1v) is 13.2. The van der Waals surface area contributed by atoms with Gasteiger partial charge < -0.3 is 14.0 Å². The number of aromatic nitrogens is 5. The molecule has 1 atom stereocenters. The summed E-state index contributed by atoms with van der Waals surface area (Å²) < 4.78 is 13.8. The Bertz CT molecular complexity index is 1680. The van der Waals surface area contributed by atoms with E-state index in [0.29, 0.717) is 28.0 Å². The Morgan fingerprint density at radius 2 is 1.82 bits per heavy atom. The standard InChI is InChI=1S/C27H23ClN6O3S/c1-14(2)33-23-21(31-24(33)18-12-29-27(37-4)32-25(18)36-3)26(35)34(22(23)15-5-7-16(28)8-6-15)17-9-10-20-19(11-17)30-13-38-20/h5-14,22H,1-4H3/t22-/m1/s1. The van der Waals surface area contributed by atoms with Crippen LogP contribution in [0.1, 0.15) is 47.7 Å². The Hall–Kier alpha value is -4.02. The van der Waals surface area contributed by atoms with Crippen LogP contribution in [0.2, 0.25) is 5.02 Å². The molecule has 0 bridgehead atoms. The number of rotatable bonds is 6. The lowest BCUT2D eigenvalue weighted by molar-refractivity contribution is 0.0989. The van der Waals surface area contributed by atoms with Crippen LogP contribution in [-0.4, -0.2) is 44.6 Å². The zero-order chi connectivity index (χ0) is 26.6. The summed E-state index contributed by atoms with van der Waals surface area (Å²) in [5.74, 6) is 0.652. The Kier molecular flexibility index (Phi) is 6.00. The second kappa shape index (κ2) is 9.38. The second-order valence-corrected chi connectivity index (χ2v) is 10.4. The van der Waals surface area contributed by atoms with Crippen molar-refractivity contribution in [3.05, 3.63) is 76.1 Å². The van der Waals surface area contributed by atoms with Crippen molar-refractivity contribution in [3.8, 4) is 23.3 Å². The van der Waals surface area contributed by atoms with Gasteiger partial charge in [-0.05, 0) is 49.7 Å². The zero-order valence-electron chi connectivity index (χ0n) is 21.0. The van der Waals surface area contributed by atoms with Crippen LogP contribution in [0.4, 0.5) is 5.69 Å². The molecule has 6 rings (SSSR count). The number of hydrogen-bond donors (Lipinski definition) is 0. The maximum absolute atomic E-state index is 14.1. The Labute approximate surface area is 227 Å². The number of amides is 1. The van der Waals surface area contributed by atoms with E-state index in [1.165, 1.54) is 14.2 Å². The second-order valence-electron chi connectivity index (χ2n) is 9.05. The van der Waals surface area contributed by atoms with Crippen molar-refractivity contribution < 1.29 is 14.3 Å². The number of nitrogens with zero attached hydrogens (tertiary/aromatic N) is 6. The van der Waals surface area contributed by atoms with Crippen LogP contribution in [0, 0.1) is 0 Å². The minimum Gasteiger partial charge on any atom is -0.480 e. The fourth-order valence-electron chi connectivity index (χ4n) is 4.90. The number of methoxy groups -OCH3 is 2. The molecule has 38 heavy (non-hydrogen) atoms. The Morgan fingerprint density at radius 3 is 2.53 bits per heavy atom. The molecule has 9 nitrogen and oxygen atoms in total. The molecule has 0 aliphatic carbocycles. The van der Waals surface area contributed by atoms with Crippen molar-refractivity contribution in [2.75, 3.05) is 19.1 Å². The van der Waals surface area contributed by atoms with Crippen LogP contribution in [0.15, 0.2) is 54.2 Å². The summed E-state index contributed by atoms with van der Waals surface area (Å²) in [5, 5.41) is 0.618. The molecule has 11 heteroatoms. The van der Waals surface area contributed by atoms with Crippen molar-refractivity contribution in [2.24, 2.45) is 0 Å². The first kappa shape index (κ1) is 24.3. The normalized spacial score (nSPS) is 14.9. The maximum atomic E-state index is 14.1. The van der Waals surface area contributed by atoms with Gasteiger partial charge in [-0.25, -0.2) is 15.0 Å². The summed E-state index contributed by atoms with van der Waals surface area (Å²) in [6.45, 7) is 4.10. The van der Waals surface area contributed by atoms with E-state index in [4.69, 9.17) is 26.1 Å². The van der Waals surface area contributed by atoms with Gasteiger partial charge in [-0.15, -0.1) is 11.3 Å². The van der Waals surface area contributed by atoms with Crippen LogP contribution < -0.4 is 14.4 Å². The smallest absolute Gasteiger partial charge is 0.319 e. The third kappa shape index (κ3) is 3.79. The number of benzene rings is 2. The maximum Gasteiger partial charge on any atom is 0.319 e. The monoisotopic (exact) mass is 546 g/mol. The van der Waals surface area contributed by atoms with E-state index in [1.807, 2.05) is 42.5 Å². The number of carbonyl (C=O) groups is 1. The van der Waals surface area contributed by atoms with Crippen LogP contribution in [0.5, 0.6) is 11.9 Å². The van der Waals surface area contributed by atoms with Gasteiger partial charge in [0.25, 0.3) is 5.91 Å². The van der Waals surface area contributed by atoms with Crippen molar-refractivity contribution >= 4 is 44.7 Å². The molecule has 5 aromatic rings. The predicted octanol–water partition coefficient (Wildman–Crippen LogP) is 5.95. The molecule has 0 saturated carbocycles. The van der Waals surface area contributed by atoms with Gasteiger partial charge >= 0.3 is 6.01 Å². The van der Waals surface area contributed by atoms with Crippen molar-refractivity contribution in [3.63, 3.8) is 0 Å². The van der Waals surface area contributed by atoms with Gasteiger partial charge in [-0.2, -0.15) is 4.98 Å². The fraction of sp³-hybridized carbons (Fsp3) is 0.222. The lowest BCUT2D eigenvalue weighted by atomic mass is 10.0. The zero-order valence-corrected chi connectivity index (χ0v) is 22.6. The number of imidazole rings is 1. The van der Waals surface area contributed by atoms with Gasteiger partial charge in [0.2, 0.25) is 5.88 Å². The van der Waals surface area contributed by atoms with E-state index >= 15 is 0 Å². The highest BCUT2D eigenvalue weighted by Gasteiger charge is 2.45. The van der Waals surface area contributed by atoms with Crippen molar-refractivity contribution in [1.82, 2.24) is 24.5 Å². The molecule has 0 radical (unpaired) electrons. The van der Waals surface area contributed by atoms with Crippen LogP contribution >= 0.6 is 22.9 Å². The van der Waals surface area contributed by atoms with E-state index in [0.717, 1.165) is 27.2 Å². The molecule has 1 aliphatic heterocycles. The number of hydrogen-bond acceptors (Lipinski definition) is 8. The number of thiazole rings is 1. The van der Waals surface area contributed by atoms with E-state index in [2.05, 4.69) is 33.4 Å². The molecular formula is C27H23ClN6O3S. The SMILES string of the molecule is COc1ncc(-c2nc3c(n2C(C)C)[C@@H](c2ccc(Cl)cc2)N(c2ccc4scnc4c2)C3=O)c(OC)n1. The predicted molar refractivity (Wildman–Crippen MR) is 146 cm³/mol. The third-order valence-electron chi connectivity index (χ3n) is 6.53. The van der Waals surface area contributed by atoms with Crippen LogP contribution in [0.25, 0.3) is 21.6 Å². The average Bonchev–Trinajstić information content (AvgIpc) is 3.62. The molecule has 1 aliphatic rings. The molecule has 2 aromatic carbocycles. The number of ether oxygens (including phenoxy) is 2. The summed E-state index contributed by atoms with van der Waals surface area (Å²) in [7, 11) is 3.02. The fourth-order valence-corrected chi connectivity index (χ4v) is 5.69. The van der Waals surface area contributed by atoms with E-state index in [9.17, 15) is 4.79 Å². The van der Waals surface area contributed by atoms with Crippen molar-refractivity contribution in [1.29, 1.82) is 0 Å². The molecule has 1 amide bonds. The number of carbonyl (C=O) groups excluding carboxylic acids is 1. The van der Waals surface area contributed by atoms with Gasteiger partial charge in [0.15, 0.2) is 5.69 Å². The summed E-state index contributed by atoms with van der Waals surface area (Å²) in [6, 6.07) is 13.1. The molecule has 4 heterocycles. The molecule has 0 N–H and O–H groups in total. The first-order chi connectivity index (χ1) is 18.4. The van der Waals surface area contributed by atoms with Gasteiger partial charge in [0.05, 0.1) is 41.2 Å². The molecular weight excluding hydrogens is 524 g/mol. The molecule has 0 unspecified atom stereocenters. The van der Waals surface area contributed by atoms with Gasteiger partial charge in [0, 0.05) is 22.9 Å². The highest BCUT2D eigenvalue weighted by Crippen LogP contribution is 2.46.